The Labute approximate surface area is 166 Å². The molecule has 0 radical (unpaired) electrons. The third kappa shape index (κ3) is 2.28. The zero-order chi connectivity index (χ0) is 18.4. The zero-order valence-electron chi connectivity index (χ0n) is 16.4. The lowest BCUT2D eigenvalue weighted by Gasteiger charge is -2.57. The molecule has 0 heterocycles. The van der Waals surface area contributed by atoms with E-state index in [-0.39, 0.29) is 11.3 Å². The zero-order valence-corrected chi connectivity index (χ0v) is 18.0. The van der Waals surface area contributed by atoms with Crippen molar-refractivity contribution < 1.29 is 9.90 Å². The first-order valence-corrected chi connectivity index (χ1v) is 11.9. The molecule has 5 aliphatic carbocycles. The number of carbonyl (C=O) groups excluding carboxylic acids is 1. The largest absolute Gasteiger partial charge is 0.390 e. The van der Waals surface area contributed by atoms with Gasteiger partial charge in [-0.2, -0.15) is 0 Å². The van der Waals surface area contributed by atoms with E-state index < -0.39 is 5.60 Å². The highest BCUT2D eigenvalue weighted by molar-refractivity contribution is 9.09. The molecule has 1 N–H and O–H groups in total. The van der Waals surface area contributed by atoms with Gasteiger partial charge in [0.1, 0.15) is 0 Å². The van der Waals surface area contributed by atoms with Gasteiger partial charge in [0.2, 0.25) is 0 Å². The van der Waals surface area contributed by atoms with Crippen LogP contribution in [0.4, 0.5) is 0 Å². The van der Waals surface area contributed by atoms with E-state index in [0.717, 1.165) is 36.5 Å². The number of ketones is 1. The minimum atomic E-state index is -0.431. The summed E-state index contributed by atoms with van der Waals surface area (Å²) in [5.74, 6) is 5.21. The van der Waals surface area contributed by atoms with E-state index in [0.29, 0.717) is 22.9 Å². The molecule has 4 fully saturated rings. The lowest BCUT2D eigenvalue weighted by Crippen LogP contribution is -2.52. The van der Waals surface area contributed by atoms with Crippen LogP contribution in [0.3, 0.4) is 0 Å². The third-order valence-electron chi connectivity index (χ3n) is 9.49. The second-order valence-corrected chi connectivity index (χ2v) is 11.3. The van der Waals surface area contributed by atoms with Crippen LogP contribution < -0.4 is 0 Å². The quantitative estimate of drug-likeness (QED) is 0.496. The molecule has 0 aromatic heterocycles. The number of carbonyl (C=O) groups is 1. The van der Waals surface area contributed by atoms with Crippen LogP contribution >= 0.6 is 15.9 Å². The Hall–Kier alpha value is -0.150. The highest BCUT2D eigenvalue weighted by atomic mass is 79.9. The van der Waals surface area contributed by atoms with Crippen molar-refractivity contribution in [3.63, 3.8) is 0 Å². The highest BCUT2D eigenvalue weighted by Gasteiger charge is 2.68. The minimum Gasteiger partial charge on any atom is -0.390 e. The fourth-order valence-corrected chi connectivity index (χ4v) is 8.87. The first-order valence-electron chi connectivity index (χ1n) is 10.8. The van der Waals surface area contributed by atoms with Gasteiger partial charge in [-0.3, -0.25) is 4.79 Å². The summed E-state index contributed by atoms with van der Waals surface area (Å²) in [6.07, 6.45) is 8.38. The number of aliphatic hydroxyl groups is 1. The highest BCUT2D eigenvalue weighted by Crippen LogP contribution is 2.74. The van der Waals surface area contributed by atoms with Crippen molar-refractivity contribution in [2.75, 3.05) is 5.33 Å². The van der Waals surface area contributed by atoms with Gasteiger partial charge in [0.25, 0.3) is 0 Å². The Morgan fingerprint density at radius 1 is 1.12 bits per heavy atom. The Bertz CT molecular complexity index is 680. The van der Waals surface area contributed by atoms with Crippen molar-refractivity contribution in [3.8, 4) is 0 Å². The minimum absolute atomic E-state index is 0.197. The van der Waals surface area contributed by atoms with Crippen LogP contribution in [0.1, 0.15) is 65.7 Å². The Kier molecular flexibility index (Phi) is 3.92. The summed E-state index contributed by atoms with van der Waals surface area (Å²) in [6, 6.07) is 0. The van der Waals surface area contributed by atoms with E-state index in [9.17, 15) is 9.90 Å². The molecule has 3 heteroatoms. The van der Waals surface area contributed by atoms with Crippen molar-refractivity contribution in [3.05, 3.63) is 11.1 Å². The average molecular weight is 421 g/mol. The van der Waals surface area contributed by atoms with Crippen LogP contribution in [0.5, 0.6) is 0 Å². The number of rotatable bonds is 2. The smallest absolute Gasteiger partial charge is 0.151 e. The van der Waals surface area contributed by atoms with Crippen LogP contribution in [0, 0.1) is 46.8 Å². The molecule has 0 amide bonds. The Morgan fingerprint density at radius 2 is 1.85 bits per heavy atom. The SMILES string of the molecule is CC1=C2[C@@H]1[C@H]1[C@@H]3CC[C@@H]4C[C@](C)(O)CC[C@@H]4[C@H]3CC[C@]1(C)[C@H]2C(=O)CBr. The monoisotopic (exact) mass is 420 g/mol. The predicted octanol–water partition coefficient (Wildman–Crippen LogP) is 5.14. The number of hydrogen-bond donors (Lipinski definition) is 1. The maximum absolute atomic E-state index is 12.8. The fourth-order valence-electron chi connectivity index (χ4n) is 8.54. The van der Waals surface area contributed by atoms with Crippen LogP contribution in [-0.4, -0.2) is 21.8 Å². The molecule has 144 valence electrons. The number of Topliss-reactive ketones (excluding diaryl/α,β-unsaturated/α-hetero) is 1. The van der Waals surface area contributed by atoms with Crippen molar-refractivity contribution in [2.45, 2.75) is 71.3 Å². The lowest BCUT2D eigenvalue weighted by atomic mass is 9.48. The molecule has 26 heavy (non-hydrogen) atoms. The number of fused-ring (bicyclic) bond motifs is 7. The standard InChI is InChI=1S/C23H33BrO2/c1-12-18-19(12)21(17(25)11-24)23(3)9-7-15-14-6-8-22(2,26)10-13(14)4-5-16(15)20(18)23/h13-16,18,20-21,26H,4-11H2,1-3H3/t13-,14+,15-,16-,18-,20-,21+,22-,23+/m1/s1. The maximum Gasteiger partial charge on any atom is 0.151 e. The summed E-state index contributed by atoms with van der Waals surface area (Å²) in [7, 11) is 0. The lowest BCUT2D eigenvalue weighted by molar-refractivity contribution is -0.130. The van der Waals surface area contributed by atoms with Crippen LogP contribution in [-0.2, 0) is 4.79 Å². The molecule has 5 rings (SSSR count). The summed E-state index contributed by atoms with van der Waals surface area (Å²) in [5, 5.41) is 11.1. The molecule has 5 aliphatic rings. The number of hydrogen-bond acceptors (Lipinski definition) is 2. The Morgan fingerprint density at radius 3 is 2.58 bits per heavy atom. The van der Waals surface area contributed by atoms with E-state index in [1.54, 1.807) is 5.57 Å². The van der Waals surface area contributed by atoms with Crippen molar-refractivity contribution in [1.82, 2.24) is 0 Å². The fraction of sp³-hybridized carbons (Fsp3) is 0.870. The molecule has 0 bridgehead atoms. The van der Waals surface area contributed by atoms with E-state index >= 15 is 0 Å². The molecule has 0 spiro atoms. The summed E-state index contributed by atoms with van der Waals surface area (Å²) in [4.78, 5) is 12.8. The van der Waals surface area contributed by atoms with E-state index in [4.69, 9.17) is 0 Å². The predicted molar refractivity (Wildman–Crippen MR) is 107 cm³/mol. The second kappa shape index (κ2) is 5.69. The molecule has 0 unspecified atom stereocenters. The number of alkyl halides is 1. The van der Waals surface area contributed by atoms with Gasteiger partial charge in [0.05, 0.1) is 10.9 Å². The van der Waals surface area contributed by atoms with Crippen molar-refractivity contribution in [1.29, 1.82) is 0 Å². The van der Waals surface area contributed by atoms with Crippen LogP contribution in [0.25, 0.3) is 0 Å². The van der Waals surface area contributed by atoms with Gasteiger partial charge in [-0.05, 0) is 93.8 Å². The van der Waals surface area contributed by atoms with Gasteiger partial charge in [0, 0.05) is 11.8 Å². The molecular formula is C23H33BrO2. The van der Waals surface area contributed by atoms with Gasteiger partial charge in [-0.25, -0.2) is 0 Å². The molecule has 0 aromatic carbocycles. The summed E-state index contributed by atoms with van der Waals surface area (Å²) in [6.45, 7) is 6.79. The van der Waals surface area contributed by atoms with Crippen LogP contribution in [0.15, 0.2) is 11.1 Å². The first kappa shape index (κ1) is 17.9. The molecule has 0 saturated heterocycles. The summed E-state index contributed by atoms with van der Waals surface area (Å²) < 4.78 is 0. The molecule has 9 atom stereocenters. The van der Waals surface area contributed by atoms with Crippen molar-refractivity contribution in [2.24, 2.45) is 46.8 Å². The maximum atomic E-state index is 12.8. The summed E-state index contributed by atoms with van der Waals surface area (Å²) in [5.41, 5.74) is 2.87. The molecular weight excluding hydrogens is 388 g/mol. The van der Waals surface area contributed by atoms with E-state index in [2.05, 4.69) is 29.8 Å². The van der Waals surface area contributed by atoms with Gasteiger partial charge in [0.15, 0.2) is 5.78 Å². The normalized spacial score (nSPS) is 54.9. The van der Waals surface area contributed by atoms with Crippen LogP contribution in [0.2, 0.25) is 0 Å². The van der Waals surface area contributed by atoms with Gasteiger partial charge >= 0.3 is 0 Å². The van der Waals surface area contributed by atoms with Crippen molar-refractivity contribution >= 4 is 21.7 Å². The molecule has 0 aliphatic heterocycles. The molecule has 0 aromatic rings. The second-order valence-electron chi connectivity index (χ2n) is 10.8. The topological polar surface area (TPSA) is 37.3 Å². The molecule has 4 saturated carbocycles. The number of halogens is 1. The average Bonchev–Trinajstić information content (AvgIpc) is 3.11. The number of allylic oxidation sites excluding steroid dienone is 2. The first-order chi connectivity index (χ1) is 12.3. The van der Waals surface area contributed by atoms with E-state index in [1.165, 1.54) is 37.7 Å². The Balaban J connectivity index is 1.44. The van der Waals surface area contributed by atoms with Gasteiger partial charge < -0.3 is 5.11 Å². The van der Waals surface area contributed by atoms with Gasteiger partial charge in [-0.1, -0.05) is 34.0 Å². The molecule has 2 nitrogen and oxygen atoms in total. The van der Waals surface area contributed by atoms with E-state index in [1.807, 2.05) is 6.92 Å². The third-order valence-corrected chi connectivity index (χ3v) is 10.0. The van der Waals surface area contributed by atoms with Gasteiger partial charge in [-0.15, -0.1) is 0 Å². The summed E-state index contributed by atoms with van der Waals surface area (Å²) >= 11 is 3.46.